The summed E-state index contributed by atoms with van der Waals surface area (Å²) in [5, 5.41) is 2.87. The van der Waals surface area contributed by atoms with Gasteiger partial charge in [-0.25, -0.2) is 8.42 Å². The van der Waals surface area contributed by atoms with E-state index in [9.17, 15) is 13.2 Å². The molecule has 0 fully saturated rings. The summed E-state index contributed by atoms with van der Waals surface area (Å²) in [6.07, 6.45) is 0.477. The third kappa shape index (κ3) is 6.00. The molecule has 0 aliphatic heterocycles. The first-order valence-corrected chi connectivity index (χ1v) is 12.2. The fourth-order valence-electron chi connectivity index (χ4n) is 3.54. The number of sulfonamides is 1. The van der Waals surface area contributed by atoms with Crippen LogP contribution in [0, 0.1) is 20.8 Å². The van der Waals surface area contributed by atoms with Gasteiger partial charge in [0, 0.05) is 12.2 Å². The van der Waals surface area contributed by atoms with Gasteiger partial charge in [-0.2, -0.15) is 4.31 Å². The first-order valence-electron chi connectivity index (χ1n) is 10.8. The number of carbonyl (C=O) groups excluding carboxylic acids is 1. The zero-order valence-corrected chi connectivity index (χ0v) is 20.3. The van der Waals surface area contributed by atoms with Gasteiger partial charge in [0.05, 0.1) is 13.7 Å². The second-order valence-electron chi connectivity index (χ2n) is 8.02. The first-order chi connectivity index (χ1) is 15.7. The molecule has 0 aliphatic rings. The van der Waals surface area contributed by atoms with Crippen LogP contribution in [-0.4, -0.2) is 38.8 Å². The minimum absolute atomic E-state index is 0.0533. The summed E-state index contributed by atoms with van der Waals surface area (Å²) in [6, 6.07) is 20.2. The summed E-state index contributed by atoms with van der Waals surface area (Å²) >= 11 is 0. The molecule has 0 atom stereocenters. The first kappa shape index (κ1) is 24.5. The summed E-state index contributed by atoms with van der Waals surface area (Å²) in [5.74, 6) is -0.146. The second kappa shape index (κ2) is 10.6. The van der Waals surface area contributed by atoms with Crippen LogP contribution < -0.4 is 10.1 Å². The smallest absolute Gasteiger partial charge is 0.247 e. The molecule has 3 aromatic rings. The zero-order chi connectivity index (χ0) is 24.0. The number of amides is 1. The number of methoxy groups -OCH3 is 1. The topological polar surface area (TPSA) is 75.7 Å². The van der Waals surface area contributed by atoms with Crippen LogP contribution >= 0.6 is 0 Å². The van der Waals surface area contributed by atoms with Crippen LogP contribution in [0.1, 0.15) is 22.3 Å². The van der Waals surface area contributed by atoms with Gasteiger partial charge < -0.3 is 10.1 Å². The van der Waals surface area contributed by atoms with Gasteiger partial charge in [-0.15, -0.1) is 0 Å². The molecule has 0 spiro atoms. The predicted octanol–water partition coefficient (Wildman–Crippen LogP) is 4.49. The van der Waals surface area contributed by atoms with E-state index in [1.807, 2.05) is 69.3 Å². The number of hydrogen-bond acceptors (Lipinski definition) is 4. The quantitative estimate of drug-likeness (QED) is 0.504. The Morgan fingerprint density at radius 3 is 2.39 bits per heavy atom. The van der Waals surface area contributed by atoms with Gasteiger partial charge in [0.2, 0.25) is 15.9 Å². The van der Waals surface area contributed by atoms with Crippen molar-refractivity contribution in [1.29, 1.82) is 0 Å². The number of rotatable bonds is 9. The number of nitrogens with one attached hydrogen (secondary N) is 1. The van der Waals surface area contributed by atoms with E-state index in [0.717, 1.165) is 22.3 Å². The largest absolute Gasteiger partial charge is 0.495 e. The van der Waals surface area contributed by atoms with Gasteiger partial charge in [-0.05, 0) is 67.6 Å². The van der Waals surface area contributed by atoms with Crippen molar-refractivity contribution in [1.82, 2.24) is 4.31 Å². The lowest BCUT2D eigenvalue weighted by Crippen LogP contribution is -2.39. The molecule has 0 bridgehead atoms. The summed E-state index contributed by atoms with van der Waals surface area (Å²) in [7, 11) is -2.56. The molecule has 1 amide bonds. The molecule has 0 radical (unpaired) electrons. The molecule has 0 aromatic heterocycles. The Labute approximate surface area is 196 Å². The van der Waals surface area contributed by atoms with Crippen LogP contribution in [0.5, 0.6) is 5.75 Å². The van der Waals surface area contributed by atoms with E-state index >= 15 is 0 Å². The average molecular weight is 467 g/mol. The van der Waals surface area contributed by atoms with E-state index in [0.29, 0.717) is 12.1 Å². The lowest BCUT2D eigenvalue weighted by Gasteiger charge is -2.23. The Kier molecular flexibility index (Phi) is 7.89. The standard InChI is InChI=1S/C26H30N2O4S/c1-19-13-14-24(32-4)25(17-19)33(30,31)28(16-15-22-10-6-5-7-11-22)18-26(29)27-23-12-8-9-20(2)21(23)3/h5-14,17H,15-16,18H2,1-4H3,(H,27,29). The molecular weight excluding hydrogens is 436 g/mol. The number of carbonyl (C=O) groups is 1. The third-order valence-corrected chi connectivity index (χ3v) is 7.49. The summed E-state index contributed by atoms with van der Waals surface area (Å²) in [6.45, 7) is 5.56. The van der Waals surface area contributed by atoms with Gasteiger partial charge in [0.15, 0.2) is 0 Å². The fraction of sp³-hybridized carbons (Fsp3) is 0.269. The van der Waals surface area contributed by atoms with E-state index in [1.165, 1.54) is 11.4 Å². The van der Waals surface area contributed by atoms with E-state index in [-0.39, 0.29) is 23.7 Å². The average Bonchev–Trinajstić information content (AvgIpc) is 2.80. The molecule has 7 heteroatoms. The Hall–Kier alpha value is -3.16. The van der Waals surface area contributed by atoms with Crippen LogP contribution in [-0.2, 0) is 21.2 Å². The molecule has 3 aromatic carbocycles. The van der Waals surface area contributed by atoms with Crippen molar-refractivity contribution in [2.75, 3.05) is 25.5 Å². The lowest BCUT2D eigenvalue weighted by atomic mass is 10.1. The predicted molar refractivity (Wildman–Crippen MR) is 131 cm³/mol. The summed E-state index contributed by atoms with van der Waals surface area (Å²) in [4.78, 5) is 13.0. The Bertz CT molecular complexity index is 1220. The number of anilines is 1. The Morgan fingerprint density at radius 2 is 1.70 bits per heavy atom. The summed E-state index contributed by atoms with van der Waals surface area (Å²) < 4.78 is 33.9. The molecular formula is C26H30N2O4S. The zero-order valence-electron chi connectivity index (χ0n) is 19.5. The normalized spacial score (nSPS) is 11.4. The van der Waals surface area contributed by atoms with Crippen molar-refractivity contribution in [3.63, 3.8) is 0 Å². The third-order valence-electron chi connectivity index (χ3n) is 5.63. The Morgan fingerprint density at radius 1 is 0.970 bits per heavy atom. The van der Waals surface area contributed by atoms with Crippen molar-refractivity contribution < 1.29 is 17.9 Å². The number of nitrogens with zero attached hydrogens (tertiary/aromatic N) is 1. The van der Waals surface area contributed by atoms with Gasteiger partial charge >= 0.3 is 0 Å². The SMILES string of the molecule is COc1ccc(C)cc1S(=O)(=O)N(CCc1ccccc1)CC(=O)Nc1cccc(C)c1C. The van der Waals surface area contributed by atoms with E-state index in [4.69, 9.17) is 4.74 Å². The number of aryl methyl sites for hydroxylation is 2. The highest BCUT2D eigenvalue weighted by Gasteiger charge is 2.29. The van der Waals surface area contributed by atoms with Crippen LogP contribution in [0.3, 0.4) is 0 Å². The monoisotopic (exact) mass is 466 g/mol. The molecule has 3 rings (SSSR count). The number of ether oxygens (including phenoxy) is 1. The lowest BCUT2D eigenvalue weighted by molar-refractivity contribution is -0.116. The molecule has 0 unspecified atom stereocenters. The highest BCUT2D eigenvalue weighted by atomic mass is 32.2. The van der Waals surface area contributed by atoms with Crippen molar-refractivity contribution in [2.24, 2.45) is 0 Å². The van der Waals surface area contributed by atoms with Crippen LogP contribution in [0.2, 0.25) is 0 Å². The van der Waals surface area contributed by atoms with E-state index in [1.54, 1.807) is 18.2 Å². The van der Waals surface area contributed by atoms with Gasteiger partial charge in [0.1, 0.15) is 10.6 Å². The molecule has 0 saturated carbocycles. The van der Waals surface area contributed by atoms with Gasteiger partial charge in [-0.3, -0.25) is 4.79 Å². The maximum atomic E-state index is 13.7. The van der Waals surface area contributed by atoms with E-state index in [2.05, 4.69) is 5.32 Å². The maximum absolute atomic E-state index is 13.7. The highest BCUT2D eigenvalue weighted by Crippen LogP contribution is 2.28. The molecule has 0 aliphatic carbocycles. The van der Waals surface area contributed by atoms with Gasteiger partial charge in [-0.1, -0.05) is 48.5 Å². The second-order valence-corrected chi connectivity index (χ2v) is 9.93. The van der Waals surface area contributed by atoms with Crippen molar-refractivity contribution in [3.8, 4) is 5.75 Å². The minimum Gasteiger partial charge on any atom is -0.495 e. The maximum Gasteiger partial charge on any atom is 0.247 e. The molecule has 0 heterocycles. The van der Waals surface area contributed by atoms with Crippen molar-refractivity contribution in [2.45, 2.75) is 32.1 Å². The minimum atomic E-state index is -3.99. The van der Waals surface area contributed by atoms with Crippen molar-refractivity contribution in [3.05, 3.63) is 89.0 Å². The molecule has 33 heavy (non-hydrogen) atoms. The van der Waals surface area contributed by atoms with Crippen LogP contribution in [0.25, 0.3) is 0 Å². The molecule has 0 saturated heterocycles. The molecule has 1 N–H and O–H groups in total. The van der Waals surface area contributed by atoms with Gasteiger partial charge in [0.25, 0.3) is 0 Å². The van der Waals surface area contributed by atoms with E-state index < -0.39 is 15.9 Å². The van der Waals surface area contributed by atoms with Crippen LogP contribution in [0.15, 0.2) is 71.6 Å². The number of benzene rings is 3. The van der Waals surface area contributed by atoms with Crippen LogP contribution in [0.4, 0.5) is 5.69 Å². The van der Waals surface area contributed by atoms with Crippen molar-refractivity contribution >= 4 is 21.6 Å². The summed E-state index contributed by atoms with van der Waals surface area (Å²) in [5.41, 5.74) is 4.45. The molecule has 174 valence electrons. The molecule has 6 nitrogen and oxygen atoms in total. The Balaban J connectivity index is 1.91. The number of hydrogen-bond donors (Lipinski definition) is 1. The fourth-order valence-corrected chi connectivity index (χ4v) is 5.18. The highest BCUT2D eigenvalue weighted by molar-refractivity contribution is 7.89.